The zero-order chi connectivity index (χ0) is 14.8. The SMILES string of the molecule is CCOC(=O)C(=O)c1cc(C(F)(F)F)cc(Br)c1O. The monoisotopic (exact) mass is 340 g/mol. The number of aromatic hydroxyl groups is 1. The highest BCUT2D eigenvalue weighted by Crippen LogP contribution is 2.37. The van der Waals surface area contributed by atoms with E-state index in [0.29, 0.717) is 12.1 Å². The molecule has 0 unspecified atom stereocenters. The Hall–Kier alpha value is -1.57. The van der Waals surface area contributed by atoms with Crippen LogP contribution in [0.3, 0.4) is 0 Å². The molecule has 0 saturated carbocycles. The number of esters is 1. The van der Waals surface area contributed by atoms with E-state index in [-0.39, 0.29) is 11.1 Å². The van der Waals surface area contributed by atoms with Crippen LogP contribution in [0.2, 0.25) is 0 Å². The van der Waals surface area contributed by atoms with Crippen molar-refractivity contribution in [1.29, 1.82) is 0 Å². The first-order chi connectivity index (χ1) is 8.68. The Morgan fingerprint density at radius 2 is 1.95 bits per heavy atom. The predicted molar refractivity (Wildman–Crippen MR) is 61.8 cm³/mol. The van der Waals surface area contributed by atoms with Gasteiger partial charge in [0.1, 0.15) is 5.75 Å². The van der Waals surface area contributed by atoms with E-state index in [2.05, 4.69) is 20.7 Å². The van der Waals surface area contributed by atoms with Crippen LogP contribution >= 0.6 is 15.9 Å². The van der Waals surface area contributed by atoms with Crippen LogP contribution in [0.5, 0.6) is 5.75 Å². The topological polar surface area (TPSA) is 63.6 Å². The van der Waals surface area contributed by atoms with Crippen LogP contribution in [-0.2, 0) is 15.7 Å². The van der Waals surface area contributed by atoms with Gasteiger partial charge in [0, 0.05) is 0 Å². The number of hydrogen-bond donors (Lipinski definition) is 1. The maximum Gasteiger partial charge on any atom is 0.416 e. The quantitative estimate of drug-likeness (QED) is 0.522. The molecule has 1 aromatic rings. The van der Waals surface area contributed by atoms with Crippen molar-refractivity contribution >= 4 is 27.7 Å². The van der Waals surface area contributed by atoms with Crippen LogP contribution in [0, 0.1) is 0 Å². The summed E-state index contributed by atoms with van der Waals surface area (Å²) in [7, 11) is 0. The van der Waals surface area contributed by atoms with Gasteiger partial charge in [-0.15, -0.1) is 0 Å². The third-order valence-corrected chi connectivity index (χ3v) is 2.70. The van der Waals surface area contributed by atoms with Gasteiger partial charge >= 0.3 is 12.1 Å². The third kappa shape index (κ3) is 3.46. The van der Waals surface area contributed by atoms with E-state index in [1.54, 1.807) is 0 Å². The molecular formula is C11H8BrF3O4. The largest absolute Gasteiger partial charge is 0.506 e. The van der Waals surface area contributed by atoms with Crippen LogP contribution in [0.1, 0.15) is 22.8 Å². The molecule has 19 heavy (non-hydrogen) atoms. The first-order valence-corrected chi connectivity index (χ1v) is 5.79. The maximum absolute atomic E-state index is 12.6. The van der Waals surface area contributed by atoms with Gasteiger partial charge in [0.25, 0.3) is 5.78 Å². The second kappa shape index (κ2) is 5.60. The minimum absolute atomic E-state index is 0.106. The molecule has 0 radical (unpaired) electrons. The van der Waals surface area contributed by atoms with Crippen LogP contribution < -0.4 is 0 Å². The highest BCUT2D eigenvalue weighted by molar-refractivity contribution is 9.10. The van der Waals surface area contributed by atoms with Crippen LogP contribution in [0.15, 0.2) is 16.6 Å². The van der Waals surface area contributed by atoms with Crippen LogP contribution in [0.25, 0.3) is 0 Å². The molecule has 0 saturated heterocycles. The zero-order valence-corrected chi connectivity index (χ0v) is 11.1. The normalized spacial score (nSPS) is 11.2. The van der Waals surface area contributed by atoms with Crippen LogP contribution in [0.4, 0.5) is 13.2 Å². The fraction of sp³-hybridized carbons (Fsp3) is 0.273. The lowest BCUT2D eigenvalue weighted by Gasteiger charge is -2.11. The first-order valence-electron chi connectivity index (χ1n) is 4.99. The van der Waals surface area contributed by atoms with E-state index in [0.717, 1.165) is 0 Å². The third-order valence-electron chi connectivity index (χ3n) is 2.10. The summed E-state index contributed by atoms with van der Waals surface area (Å²) in [5.74, 6) is -3.42. The number of phenolic OH excluding ortho intramolecular Hbond substituents is 1. The zero-order valence-electron chi connectivity index (χ0n) is 9.55. The van der Waals surface area contributed by atoms with Gasteiger partial charge in [0.2, 0.25) is 0 Å². The molecule has 0 aliphatic heterocycles. The summed E-state index contributed by atoms with van der Waals surface area (Å²) < 4.78 is 41.7. The first kappa shape index (κ1) is 15.5. The van der Waals surface area contributed by atoms with Gasteiger partial charge in [-0.1, -0.05) is 0 Å². The van der Waals surface area contributed by atoms with E-state index in [4.69, 9.17) is 0 Å². The highest BCUT2D eigenvalue weighted by atomic mass is 79.9. The molecule has 0 fully saturated rings. The Balaban J connectivity index is 3.31. The lowest BCUT2D eigenvalue weighted by atomic mass is 10.1. The van der Waals surface area contributed by atoms with E-state index in [1.807, 2.05) is 0 Å². The second-order valence-corrected chi connectivity index (χ2v) is 4.26. The average Bonchev–Trinajstić information content (AvgIpc) is 2.30. The van der Waals surface area contributed by atoms with E-state index in [9.17, 15) is 27.9 Å². The van der Waals surface area contributed by atoms with E-state index in [1.165, 1.54) is 6.92 Å². The summed E-state index contributed by atoms with van der Waals surface area (Å²) in [4.78, 5) is 22.8. The maximum atomic E-state index is 12.6. The molecular weight excluding hydrogens is 333 g/mol. The van der Waals surface area contributed by atoms with Gasteiger partial charge in [-0.25, -0.2) is 4.79 Å². The number of halogens is 4. The van der Waals surface area contributed by atoms with Crippen molar-refractivity contribution < 1.29 is 32.6 Å². The lowest BCUT2D eigenvalue weighted by Crippen LogP contribution is -2.18. The minimum Gasteiger partial charge on any atom is -0.506 e. The van der Waals surface area contributed by atoms with Gasteiger partial charge in [0.15, 0.2) is 0 Å². The lowest BCUT2D eigenvalue weighted by molar-refractivity contribution is -0.139. The molecule has 1 aromatic carbocycles. The highest BCUT2D eigenvalue weighted by Gasteiger charge is 2.34. The van der Waals surface area contributed by atoms with E-state index >= 15 is 0 Å². The smallest absolute Gasteiger partial charge is 0.416 e. The number of ether oxygens (including phenoxy) is 1. The van der Waals surface area contributed by atoms with Gasteiger partial charge in [-0.3, -0.25) is 4.79 Å². The Labute approximate surface area is 114 Å². The number of benzene rings is 1. The number of ketones is 1. The number of rotatable bonds is 3. The second-order valence-electron chi connectivity index (χ2n) is 3.40. The molecule has 0 spiro atoms. The molecule has 0 amide bonds. The number of carbonyl (C=O) groups is 2. The molecule has 4 nitrogen and oxygen atoms in total. The number of Topliss-reactive ketones (excluding diaryl/α,β-unsaturated/α-hetero) is 1. The fourth-order valence-corrected chi connectivity index (χ4v) is 1.70. The summed E-state index contributed by atoms with van der Waals surface area (Å²) >= 11 is 2.69. The summed E-state index contributed by atoms with van der Waals surface area (Å²) in [5.41, 5.74) is -1.93. The van der Waals surface area contributed by atoms with Crippen molar-refractivity contribution in [3.8, 4) is 5.75 Å². The summed E-state index contributed by atoms with van der Waals surface area (Å²) in [6, 6.07) is 1.01. The average molecular weight is 341 g/mol. The summed E-state index contributed by atoms with van der Waals surface area (Å²) in [5, 5.41) is 9.53. The summed E-state index contributed by atoms with van der Waals surface area (Å²) in [6.45, 7) is 1.33. The van der Waals surface area contributed by atoms with Crippen molar-refractivity contribution in [2.45, 2.75) is 13.1 Å². The Kier molecular flexibility index (Phi) is 4.56. The fourth-order valence-electron chi connectivity index (χ4n) is 1.24. The predicted octanol–water partition coefficient (Wildman–Crippen LogP) is 2.92. The van der Waals surface area contributed by atoms with Gasteiger partial charge in [0.05, 0.1) is 22.2 Å². The van der Waals surface area contributed by atoms with Crippen molar-refractivity contribution in [3.05, 3.63) is 27.7 Å². The Morgan fingerprint density at radius 3 is 2.42 bits per heavy atom. The number of alkyl halides is 3. The number of hydrogen-bond acceptors (Lipinski definition) is 4. The molecule has 0 aliphatic rings. The van der Waals surface area contributed by atoms with Gasteiger partial charge in [-0.2, -0.15) is 13.2 Å². The van der Waals surface area contributed by atoms with Gasteiger partial charge < -0.3 is 9.84 Å². The Bertz CT molecular complexity index is 525. The molecule has 0 aliphatic carbocycles. The molecule has 8 heteroatoms. The van der Waals surface area contributed by atoms with Crippen molar-refractivity contribution in [1.82, 2.24) is 0 Å². The van der Waals surface area contributed by atoms with E-state index < -0.39 is 34.8 Å². The van der Waals surface area contributed by atoms with Crippen molar-refractivity contribution in [2.24, 2.45) is 0 Å². The molecule has 0 bridgehead atoms. The number of phenols is 1. The minimum atomic E-state index is -4.71. The van der Waals surface area contributed by atoms with Crippen molar-refractivity contribution in [2.75, 3.05) is 6.61 Å². The van der Waals surface area contributed by atoms with Gasteiger partial charge in [-0.05, 0) is 35.0 Å². The number of carbonyl (C=O) groups excluding carboxylic acids is 2. The molecule has 0 aromatic heterocycles. The molecule has 0 heterocycles. The van der Waals surface area contributed by atoms with Crippen LogP contribution in [-0.4, -0.2) is 23.5 Å². The van der Waals surface area contributed by atoms with Crippen molar-refractivity contribution in [3.63, 3.8) is 0 Å². The Morgan fingerprint density at radius 1 is 1.37 bits per heavy atom. The molecule has 0 atom stereocenters. The molecule has 104 valence electrons. The molecule has 1 N–H and O–H groups in total. The summed E-state index contributed by atoms with van der Waals surface area (Å²) in [6.07, 6.45) is -4.71. The molecule has 1 rings (SSSR count). The standard InChI is InChI=1S/C11H8BrF3O4/c1-2-19-10(18)9(17)6-3-5(11(13,14)15)4-7(12)8(6)16/h3-4,16H,2H2,1H3.